The first-order valence-corrected chi connectivity index (χ1v) is 10.8. The van der Waals surface area contributed by atoms with Crippen molar-refractivity contribution < 1.29 is 29.7 Å². The number of rotatable bonds is 18. The number of carboxylic acids is 3. The van der Waals surface area contributed by atoms with E-state index in [9.17, 15) is 14.4 Å². The summed E-state index contributed by atoms with van der Waals surface area (Å²) in [5.74, 6) is -3.17. The van der Waals surface area contributed by atoms with Crippen LogP contribution in [0.15, 0.2) is 12.2 Å². The van der Waals surface area contributed by atoms with Gasteiger partial charge in [0.1, 0.15) is 0 Å². The second kappa shape index (κ2) is 27.1. The van der Waals surface area contributed by atoms with E-state index in [1.165, 1.54) is 83.5 Å². The normalized spacial score (nSPS) is 10.1. The summed E-state index contributed by atoms with van der Waals surface area (Å²) in [5.41, 5.74) is 0. The third kappa shape index (κ3) is 38.4. The van der Waals surface area contributed by atoms with Gasteiger partial charge in [-0.2, -0.15) is 0 Å². The summed E-state index contributed by atoms with van der Waals surface area (Å²) in [5, 5.41) is 24.1. The second-order valence-corrected chi connectivity index (χ2v) is 7.10. The molecule has 0 aromatic carbocycles. The zero-order valence-corrected chi connectivity index (χ0v) is 17.5. The van der Waals surface area contributed by atoms with Crippen molar-refractivity contribution >= 4 is 47.5 Å². The summed E-state index contributed by atoms with van der Waals surface area (Å²) >= 11 is 0. The van der Waals surface area contributed by atoms with E-state index >= 15 is 0 Å². The number of carbonyl (C=O) groups is 3. The van der Waals surface area contributed by atoms with Crippen molar-refractivity contribution in [1.82, 2.24) is 0 Å². The number of aliphatic carboxylic acids is 3. The van der Waals surface area contributed by atoms with Crippen molar-refractivity contribution in [2.75, 3.05) is 0 Å². The van der Waals surface area contributed by atoms with Gasteiger partial charge in [0.2, 0.25) is 0 Å². The van der Waals surface area contributed by atoms with Gasteiger partial charge in [0.25, 0.3) is 0 Å². The second-order valence-electron chi connectivity index (χ2n) is 7.10. The Balaban J connectivity index is -0.000000636. The molecule has 0 radical (unpaired) electrons. The molecule has 0 saturated carbocycles. The van der Waals surface area contributed by atoms with Gasteiger partial charge in [0, 0.05) is 18.6 Å². The Hall–Kier alpha value is -0.850. The number of carboxylic acid groups (broad SMARTS) is 3. The molecule has 0 aromatic heterocycles. The topological polar surface area (TPSA) is 112 Å². The van der Waals surface area contributed by atoms with Crippen LogP contribution in [-0.4, -0.2) is 62.8 Å². The average Bonchev–Trinajstić information content (AvgIpc) is 2.63. The Morgan fingerprint density at radius 3 is 1.07 bits per heavy atom. The first-order valence-electron chi connectivity index (χ1n) is 10.8. The van der Waals surface area contributed by atoms with Gasteiger partial charge in [-0.05, 0) is 6.42 Å². The van der Waals surface area contributed by atoms with Gasteiger partial charge in [0.15, 0.2) is 0 Å². The van der Waals surface area contributed by atoms with E-state index < -0.39 is 17.9 Å². The van der Waals surface area contributed by atoms with Crippen molar-refractivity contribution in [3.8, 4) is 0 Å². The van der Waals surface area contributed by atoms with E-state index in [1.807, 2.05) is 0 Å². The Morgan fingerprint density at radius 1 is 0.552 bits per heavy atom. The zero-order valence-electron chi connectivity index (χ0n) is 17.5. The molecule has 166 valence electrons. The van der Waals surface area contributed by atoms with Crippen LogP contribution in [0.5, 0.6) is 0 Å². The third-order valence-corrected chi connectivity index (χ3v) is 4.36. The predicted octanol–water partition coefficient (Wildman–Crippen LogP) is 5.40. The molecule has 0 fully saturated rings. The van der Waals surface area contributed by atoms with Gasteiger partial charge in [-0.25, -0.2) is 9.59 Å². The minimum atomic E-state index is -1.26. The van der Waals surface area contributed by atoms with Crippen LogP contribution in [0.25, 0.3) is 0 Å². The summed E-state index contributed by atoms with van der Waals surface area (Å²) in [6.45, 7) is 2.27. The monoisotopic (exact) mass is 424 g/mol. The van der Waals surface area contributed by atoms with E-state index in [4.69, 9.17) is 15.3 Å². The van der Waals surface area contributed by atoms with Gasteiger partial charge < -0.3 is 15.3 Å². The standard InChI is InChI=1S/C18H36O2.C4H4O4.Na.H/c1-2-3-4-5-6-7-8-9-10-11-12-13-14-15-16-17-18(19)20;5-3(6)1-2-4(7)8;;/h2-17H2,1H3,(H,19,20);1-2H,(H,5,6)(H,7,8);;/b;2-1+;;. The van der Waals surface area contributed by atoms with Crippen LogP contribution in [0.1, 0.15) is 110 Å². The molecule has 0 aliphatic carbocycles. The van der Waals surface area contributed by atoms with E-state index in [-0.39, 0.29) is 29.6 Å². The molecule has 29 heavy (non-hydrogen) atoms. The van der Waals surface area contributed by atoms with Crippen LogP contribution < -0.4 is 0 Å². The molecule has 0 atom stereocenters. The SMILES string of the molecule is CCCCCCCCCCCCCCCCCC(=O)O.O=C(O)/C=C/C(=O)O.[NaH]. The van der Waals surface area contributed by atoms with E-state index in [2.05, 4.69) is 6.92 Å². The number of hydrogen-bond acceptors (Lipinski definition) is 3. The predicted molar refractivity (Wildman–Crippen MR) is 119 cm³/mol. The summed E-state index contributed by atoms with van der Waals surface area (Å²) in [6.07, 6.45) is 21.3. The molecule has 7 heteroatoms. The van der Waals surface area contributed by atoms with Crippen LogP contribution in [-0.2, 0) is 14.4 Å². The van der Waals surface area contributed by atoms with E-state index in [1.54, 1.807) is 0 Å². The molecule has 0 unspecified atom stereocenters. The van der Waals surface area contributed by atoms with Crippen LogP contribution in [0.4, 0.5) is 0 Å². The molecule has 0 aromatic rings. The fourth-order valence-corrected chi connectivity index (χ4v) is 2.79. The fraction of sp³-hybridized carbons (Fsp3) is 0.773. The van der Waals surface area contributed by atoms with Crippen LogP contribution >= 0.6 is 0 Å². The van der Waals surface area contributed by atoms with Crippen molar-refractivity contribution in [3.63, 3.8) is 0 Å². The summed E-state index contributed by atoms with van der Waals surface area (Å²) in [7, 11) is 0. The average molecular weight is 425 g/mol. The van der Waals surface area contributed by atoms with Crippen molar-refractivity contribution in [1.29, 1.82) is 0 Å². The van der Waals surface area contributed by atoms with E-state index in [0.29, 0.717) is 18.6 Å². The molecule has 6 nitrogen and oxygen atoms in total. The van der Waals surface area contributed by atoms with E-state index in [0.717, 1.165) is 12.8 Å². The molecular formula is C22H41NaO6. The first-order chi connectivity index (χ1) is 13.4. The Morgan fingerprint density at radius 2 is 0.828 bits per heavy atom. The molecular weight excluding hydrogens is 383 g/mol. The molecule has 0 spiro atoms. The Kier molecular flexibility index (Phi) is 30.7. The molecule has 0 saturated heterocycles. The Labute approximate surface area is 198 Å². The number of hydrogen-bond donors (Lipinski definition) is 3. The Bertz CT molecular complexity index is 408. The van der Waals surface area contributed by atoms with Gasteiger partial charge in [0.05, 0.1) is 0 Å². The molecule has 0 heterocycles. The minimum absolute atomic E-state index is 0. The molecule has 0 aliphatic heterocycles. The quantitative estimate of drug-likeness (QED) is 0.154. The maximum atomic E-state index is 10.3. The van der Waals surface area contributed by atoms with Gasteiger partial charge in [-0.3, -0.25) is 4.79 Å². The zero-order chi connectivity index (χ0) is 21.5. The fourth-order valence-electron chi connectivity index (χ4n) is 2.79. The van der Waals surface area contributed by atoms with Crippen LogP contribution in [0, 0.1) is 0 Å². The number of unbranched alkanes of at least 4 members (excludes halogenated alkanes) is 14. The van der Waals surface area contributed by atoms with Gasteiger partial charge in [-0.15, -0.1) is 0 Å². The van der Waals surface area contributed by atoms with Crippen molar-refractivity contribution in [3.05, 3.63) is 12.2 Å². The molecule has 0 amide bonds. The molecule has 0 aliphatic rings. The van der Waals surface area contributed by atoms with Gasteiger partial charge in [-0.1, -0.05) is 96.8 Å². The molecule has 0 rings (SSSR count). The summed E-state index contributed by atoms with van der Waals surface area (Å²) in [6, 6.07) is 0. The van der Waals surface area contributed by atoms with Crippen LogP contribution in [0.3, 0.4) is 0 Å². The third-order valence-electron chi connectivity index (χ3n) is 4.36. The summed E-state index contributed by atoms with van der Waals surface area (Å²) < 4.78 is 0. The molecule has 0 bridgehead atoms. The van der Waals surface area contributed by atoms with Crippen molar-refractivity contribution in [2.45, 2.75) is 110 Å². The van der Waals surface area contributed by atoms with Gasteiger partial charge >= 0.3 is 47.5 Å². The van der Waals surface area contributed by atoms with Crippen molar-refractivity contribution in [2.24, 2.45) is 0 Å². The maximum absolute atomic E-state index is 10.3. The first kappa shape index (κ1) is 32.8. The summed E-state index contributed by atoms with van der Waals surface area (Å²) in [4.78, 5) is 29.4. The molecule has 3 N–H and O–H groups in total. The van der Waals surface area contributed by atoms with Crippen LogP contribution in [0.2, 0.25) is 0 Å².